The third-order valence-electron chi connectivity index (χ3n) is 3.64. The van der Waals surface area contributed by atoms with E-state index in [4.69, 9.17) is 11.6 Å². The van der Waals surface area contributed by atoms with E-state index in [1.807, 2.05) is 41.8 Å². The first-order valence-electron chi connectivity index (χ1n) is 7.26. The van der Waals surface area contributed by atoms with E-state index < -0.39 is 0 Å². The average Bonchev–Trinajstić information content (AvgIpc) is 2.90. The van der Waals surface area contributed by atoms with Gasteiger partial charge in [0.25, 0.3) is 5.91 Å². The van der Waals surface area contributed by atoms with E-state index >= 15 is 0 Å². The highest BCUT2D eigenvalue weighted by atomic mass is 127. The van der Waals surface area contributed by atoms with E-state index in [9.17, 15) is 4.79 Å². The first kappa shape index (κ1) is 17.4. The second kappa shape index (κ2) is 7.21. The average molecular weight is 469 g/mol. The maximum absolute atomic E-state index is 12.6. The van der Waals surface area contributed by atoms with Gasteiger partial charge in [0.15, 0.2) is 4.80 Å². The lowest BCUT2D eigenvalue weighted by Gasteiger charge is -2.05. The first-order chi connectivity index (χ1) is 11.5. The molecular formula is C18H14ClIN2OS. The summed E-state index contributed by atoms with van der Waals surface area (Å²) in [6.45, 7) is 6.35. The normalized spacial score (nSPS) is 11.9. The molecule has 0 radical (unpaired) electrons. The molecule has 0 saturated carbocycles. The molecule has 0 N–H and O–H groups in total. The molecule has 3 nitrogen and oxygen atoms in total. The lowest BCUT2D eigenvalue weighted by molar-refractivity contribution is 0.0997. The van der Waals surface area contributed by atoms with Gasteiger partial charge in [-0.25, -0.2) is 0 Å². The summed E-state index contributed by atoms with van der Waals surface area (Å²) in [6.07, 6.45) is 1.79. The Morgan fingerprint density at radius 1 is 1.38 bits per heavy atom. The highest BCUT2D eigenvalue weighted by molar-refractivity contribution is 14.1. The largest absolute Gasteiger partial charge is 0.312 e. The van der Waals surface area contributed by atoms with Crippen molar-refractivity contribution in [2.24, 2.45) is 4.99 Å². The van der Waals surface area contributed by atoms with E-state index in [1.54, 1.807) is 12.1 Å². The number of rotatable bonds is 3. The number of benzene rings is 2. The van der Waals surface area contributed by atoms with Crippen molar-refractivity contribution < 1.29 is 4.79 Å². The number of fused-ring (bicyclic) bond motifs is 1. The van der Waals surface area contributed by atoms with Gasteiger partial charge in [-0.3, -0.25) is 4.79 Å². The zero-order valence-electron chi connectivity index (χ0n) is 12.9. The summed E-state index contributed by atoms with van der Waals surface area (Å²) in [7, 11) is 0. The number of nitrogens with zero attached hydrogens (tertiary/aromatic N) is 2. The van der Waals surface area contributed by atoms with E-state index in [-0.39, 0.29) is 5.91 Å². The number of hydrogen-bond acceptors (Lipinski definition) is 2. The van der Waals surface area contributed by atoms with Crippen molar-refractivity contribution in [3.63, 3.8) is 0 Å². The Kier molecular flexibility index (Phi) is 5.22. The molecule has 3 rings (SSSR count). The van der Waals surface area contributed by atoms with Crippen LogP contribution in [0.2, 0.25) is 5.02 Å². The van der Waals surface area contributed by atoms with Gasteiger partial charge in [-0.05, 0) is 59.3 Å². The molecule has 3 aromatic rings. The number of aromatic nitrogens is 1. The number of hydrogen-bond donors (Lipinski definition) is 0. The Labute approximate surface area is 162 Å². The molecule has 0 aliphatic carbocycles. The van der Waals surface area contributed by atoms with Crippen LogP contribution in [0.3, 0.4) is 0 Å². The SMILES string of the molecule is C=CCn1c(=NC(=O)c2ccccc2I)sc2ccc(Cl)c(C)c21. The van der Waals surface area contributed by atoms with Gasteiger partial charge in [-0.2, -0.15) is 4.99 Å². The van der Waals surface area contributed by atoms with Gasteiger partial charge < -0.3 is 4.57 Å². The van der Waals surface area contributed by atoms with Crippen LogP contribution in [0, 0.1) is 10.5 Å². The molecule has 1 amide bonds. The molecule has 0 unspecified atom stereocenters. The zero-order valence-corrected chi connectivity index (χ0v) is 16.7. The Hall–Kier alpha value is -1.44. The van der Waals surface area contributed by atoms with Crippen LogP contribution < -0.4 is 4.80 Å². The molecule has 0 fully saturated rings. The maximum atomic E-state index is 12.6. The molecule has 0 spiro atoms. The number of carbonyl (C=O) groups excluding carboxylic acids is 1. The Bertz CT molecular complexity index is 1020. The van der Waals surface area contributed by atoms with Gasteiger partial charge >= 0.3 is 0 Å². The number of halogens is 2. The van der Waals surface area contributed by atoms with Gasteiger partial charge in [0.05, 0.1) is 15.8 Å². The molecule has 0 saturated heterocycles. The molecule has 2 aromatic carbocycles. The van der Waals surface area contributed by atoms with Gasteiger partial charge in [-0.1, -0.05) is 41.1 Å². The van der Waals surface area contributed by atoms with Crippen molar-refractivity contribution >= 4 is 61.7 Å². The Morgan fingerprint density at radius 2 is 2.12 bits per heavy atom. The molecule has 0 aliphatic heterocycles. The Morgan fingerprint density at radius 3 is 2.83 bits per heavy atom. The molecule has 1 heterocycles. The van der Waals surface area contributed by atoms with Crippen LogP contribution >= 0.6 is 45.5 Å². The van der Waals surface area contributed by atoms with Crippen LogP contribution in [0.4, 0.5) is 0 Å². The lowest BCUT2D eigenvalue weighted by atomic mass is 10.2. The summed E-state index contributed by atoms with van der Waals surface area (Å²) in [4.78, 5) is 17.6. The van der Waals surface area contributed by atoms with Crippen LogP contribution in [0.15, 0.2) is 54.0 Å². The highest BCUT2D eigenvalue weighted by Crippen LogP contribution is 2.27. The monoisotopic (exact) mass is 468 g/mol. The third kappa shape index (κ3) is 3.20. The lowest BCUT2D eigenvalue weighted by Crippen LogP contribution is -2.17. The van der Waals surface area contributed by atoms with Crippen LogP contribution in [0.5, 0.6) is 0 Å². The van der Waals surface area contributed by atoms with E-state index in [0.717, 1.165) is 19.4 Å². The summed E-state index contributed by atoms with van der Waals surface area (Å²) < 4.78 is 3.93. The summed E-state index contributed by atoms with van der Waals surface area (Å²) in [6, 6.07) is 11.3. The third-order valence-corrected chi connectivity index (χ3v) is 6.04. The van der Waals surface area contributed by atoms with Crippen LogP contribution in [-0.4, -0.2) is 10.5 Å². The van der Waals surface area contributed by atoms with E-state index in [0.29, 0.717) is 21.9 Å². The Balaban J connectivity index is 2.24. The van der Waals surface area contributed by atoms with Crippen molar-refractivity contribution in [3.8, 4) is 0 Å². The standard InChI is InChI=1S/C18H14ClIN2OS/c1-3-10-22-16-11(2)13(19)8-9-15(16)24-18(22)21-17(23)12-6-4-5-7-14(12)20/h3-9H,1,10H2,2H3. The molecule has 0 bridgehead atoms. The number of amides is 1. The smallest absolute Gasteiger partial charge is 0.280 e. The molecule has 1 aromatic heterocycles. The first-order valence-corrected chi connectivity index (χ1v) is 9.53. The van der Waals surface area contributed by atoms with E-state index in [2.05, 4.69) is 34.2 Å². The highest BCUT2D eigenvalue weighted by Gasteiger charge is 2.13. The van der Waals surface area contributed by atoms with Gasteiger partial charge in [0, 0.05) is 15.1 Å². The van der Waals surface area contributed by atoms with Crippen LogP contribution in [0.25, 0.3) is 10.2 Å². The number of aryl methyl sites for hydroxylation is 1. The molecule has 24 heavy (non-hydrogen) atoms. The van der Waals surface area contributed by atoms with Gasteiger partial charge in [-0.15, -0.1) is 6.58 Å². The molecule has 6 heteroatoms. The van der Waals surface area contributed by atoms with Crippen molar-refractivity contribution in [1.29, 1.82) is 0 Å². The molecular weight excluding hydrogens is 455 g/mol. The summed E-state index contributed by atoms with van der Waals surface area (Å²) in [5, 5.41) is 0.702. The predicted octanol–water partition coefficient (Wildman–Crippen LogP) is 5.20. The van der Waals surface area contributed by atoms with Crippen molar-refractivity contribution in [3.05, 3.63) is 73.6 Å². The van der Waals surface area contributed by atoms with Crippen molar-refractivity contribution in [2.75, 3.05) is 0 Å². The van der Waals surface area contributed by atoms with Crippen molar-refractivity contribution in [2.45, 2.75) is 13.5 Å². The topological polar surface area (TPSA) is 34.4 Å². The number of carbonyl (C=O) groups is 1. The fraction of sp³-hybridized carbons (Fsp3) is 0.111. The van der Waals surface area contributed by atoms with Gasteiger partial charge in [0.2, 0.25) is 0 Å². The predicted molar refractivity (Wildman–Crippen MR) is 109 cm³/mol. The van der Waals surface area contributed by atoms with Gasteiger partial charge in [0.1, 0.15) is 0 Å². The number of thiazole rings is 1. The summed E-state index contributed by atoms with van der Waals surface area (Å²) >= 11 is 9.89. The molecule has 0 atom stereocenters. The fourth-order valence-electron chi connectivity index (χ4n) is 2.48. The minimum Gasteiger partial charge on any atom is -0.312 e. The van der Waals surface area contributed by atoms with Crippen LogP contribution in [-0.2, 0) is 6.54 Å². The molecule has 0 aliphatic rings. The second-order valence-corrected chi connectivity index (χ2v) is 7.78. The minimum absolute atomic E-state index is 0.242. The zero-order chi connectivity index (χ0) is 17.3. The van der Waals surface area contributed by atoms with Crippen molar-refractivity contribution in [1.82, 2.24) is 4.57 Å². The summed E-state index contributed by atoms with van der Waals surface area (Å²) in [5.41, 5.74) is 2.59. The maximum Gasteiger partial charge on any atom is 0.280 e. The fourth-order valence-corrected chi connectivity index (χ4v) is 4.35. The second-order valence-electron chi connectivity index (χ2n) is 5.20. The number of allylic oxidation sites excluding steroid dienone is 1. The molecule has 122 valence electrons. The van der Waals surface area contributed by atoms with Crippen LogP contribution in [0.1, 0.15) is 15.9 Å². The quantitative estimate of drug-likeness (QED) is 0.384. The van der Waals surface area contributed by atoms with E-state index in [1.165, 1.54) is 11.3 Å². The minimum atomic E-state index is -0.242. The summed E-state index contributed by atoms with van der Waals surface area (Å²) in [5.74, 6) is -0.242.